The van der Waals surface area contributed by atoms with Gasteiger partial charge < -0.3 is 11.4 Å². The van der Waals surface area contributed by atoms with Crippen molar-refractivity contribution in [1.82, 2.24) is 6.15 Å². The first-order chi connectivity index (χ1) is 5.20. The van der Waals surface area contributed by atoms with Crippen molar-refractivity contribution >= 4 is 0 Å². The summed E-state index contributed by atoms with van der Waals surface area (Å²) >= 11 is 0. The Morgan fingerprint density at radius 2 is 0.923 bits per heavy atom. The first-order valence-electron chi connectivity index (χ1n) is 1.81. The lowest BCUT2D eigenvalue weighted by atomic mass is 12.8. The van der Waals surface area contributed by atoms with E-state index in [1.807, 2.05) is 0 Å². The fourth-order valence-electron chi connectivity index (χ4n) is 0. The van der Waals surface area contributed by atoms with Crippen LogP contribution >= 0.6 is 0 Å². The second-order valence-corrected chi connectivity index (χ2v) is 0.809. The maximum atomic E-state index is 8.58. The molecule has 0 aromatic carbocycles. The Labute approximate surface area is 69.8 Å². The largest absolute Gasteiger partial charge is 0.344 e. The summed E-state index contributed by atoms with van der Waals surface area (Å²) in [6.07, 6.45) is 0. The molecule has 0 aliphatic heterocycles. The number of hydrazine groups is 2. The van der Waals surface area contributed by atoms with E-state index in [4.69, 9.17) is 35.6 Å². The fraction of sp³-hybridized carbons (Fsp3) is 0. The van der Waals surface area contributed by atoms with Crippen molar-refractivity contribution in [3.8, 4) is 0 Å². The molecular formula is H8N6O7. The van der Waals surface area contributed by atoms with Crippen LogP contribution < -0.4 is 17.8 Å². The lowest BCUT2D eigenvalue weighted by molar-refractivity contribution is -0.742. The summed E-state index contributed by atoms with van der Waals surface area (Å²) in [4.78, 5) is 25.5. The zero-order valence-electron chi connectivity index (χ0n) is 6.10. The number of nitro groups is 2. The van der Waals surface area contributed by atoms with Crippen molar-refractivity contribution in [1.29, 1.82) is 0 Å². The molecule has 0 atom stereocenters. The molecule has 0 aromatic rings. The molecule has 0 unspecified atom stereocenters. The maximum Gasteiger partial charge on any atom is 0.291 e. The van der Waals surface area contributed by atoms with Crippen LogP contribution in [-0.2, 0) is 0 Å². The number of nitrogens with two attached hydrogens (primary N) is 2. The van der Waals surface area contributed by atoms with Crippen molar-refractivity contribution in [2.24, 2.45) is 11.7 Å². The van der Waals surface area contributed by atoms with Gasteiger partial charge in [0.2, 0.25) is 0 Å². The van der Waals surface area contributed by atoms with E-state index in [2.05, 4.69) is 11.7 Å². The number of hydrogen-bond donors (Lipinski definition) is 4. The Morgan fingerprint density at radius 3 is 0.923 bits per heavy atom. The van der Waals surface area contributed by atoms with Crippen molar-refractivity contribution in [3.63, 3.8) is 0 Å². The van der Waals surface area contributed by atoms with Crippen LogP contribution in [0.25, 0.3) is 0 Å². The molecule has 80 valence electrons. The molecule has 0 bridgehead atoms. The second kappa shape index (κ2) is 16.3. The molecule has 13 nitrogen and oxygen atoms in total. The van der Waals surface area contributed by atoms with Gasteiger partial charge in [0.25, 0.3) is 5.09 Å². The van der Waals surface area contributed by atoms with Gasteiger partial charge in [0.15, 0.2) is 10.1 Å². The highest BCUT2D eigenvalue weighted by Gasteiger charge is 1.65. The number of nitrogens with zero attached hydrogens (tertiary/aromatic N) is 3. The molecule has 0 radical (unpaired) electrons. The molecule has 0 saturated carbocycles. The molecular weight excluding hydrogens is 196 g/mol. The zero-order valence-corrected chi connectivity index (χ0v) is 6.10. The van der Waals surface area contributed by atoms with Gasteiger partial charge in [-0.25, -0.2) is 20.2 Å². The Bertz CT molecular complexity index is 111. The highest BCUT2D eigenvalue weighted by atomic mass is 16.9. The van der Waals surface area contributed by atoms with Gasteiger partial charge in [0, 0.05) is 0 Å². The molecule has 13 heteroatoms. The van der Waals surface area contributed by atoms with Crippen molar-refractivity contribution in [3.05, 3.63) is 30.3 Å². The van der Waals surface area contributed by atoms with E-state index in [0.717, 1.165) is 0 Å². The molecule has 0 spiro atoms. The van der Waals surface area contributed by atoms with Crippen molar-refractivity contribution in [2.75, 3.05) is 0 Å². The van der Waals surface area contributed by atoms with Gasteiger partial charge in [-0.3, -0.25) is 0 Å². The van der Waals surface area contributed by atoms with E-state index in [9.17, 15) is 0 Å². The summed E-state index contributed by atoms with van der Waals surface area (Å²) in [7, 11) is 0. The average Bonchev–Trinajstić information content (AvgIpc) is 1.54. The van der Waals surface area contributed by atoms with E-state index < -0.39 is 15.2 Å². The minimum atomic E-state index is -1.50. The lowest BCUT2D eigenvalue weighted by Crippen LogP contribution is -2.04. The first kappa shape index (κ1) is 22.4. The van der Waals surface area contributed by atoms with Crippen LogP contribution in [0.3, 0.4) is 0 Å². The van der Waals surface area contributed by atoms with Crippen LogP contribution in [0.1, 0.15) is 0 Å². The predicted molar refractivity (Wildman–Crippen MR) is 36.2 cm³/mol. The van der Waals surface area contributed by atoms with E-state index in [-0.39, 0.29) is 6.15 Å². The molecule has 13 heavy (non-hydrogen) atoms. The summed E-state index contributed by atoms with van der Waals surface area (Å²) in [5.74, 6) is 7.67. The van der Waals surface area contributed by atoms with Crippen LogP contribution in [-0.4, -0.2) is 20.4 Å². The summed E-state index contributed by atoms with van der Waals surface area (Å²) in [5, 5.41) is 28.8. The Balaban J connectivity index is -0.0000000450. The fourth-order valence-corrected chi connectivity index (χ4v) is 0. The smallest absolute Gasteiger partial charge is 0.291 e. The Kier molecular flexibility index (Phi) is 28.1. The summed E-state index contributed by atoms with van der Waals surface area (Å²) < 4.78 is 0. The number of rotatable bonds is 0. The average molecular weight is 204 g/mol. The molecule has 0 amide bonds. The Morgan fingerprint density at radius 1 is 0.923 bits per heavy atom. The van der Waals surface area contributed by atoms with Gasteiger partial charge in [0.1, 0.15) is 0 Å². The van der Waals surface area contributed by atoms with E-state index in [0.29, 0.717) is 0 Å². The van der Waals surface area contributed by atoms with E-state index in [1.165, 1.54) is 0 Å². The van der Waals surface area contributed by atoms with Gasteiger partial charge >= 0.3 is 0 Å². The van der Waals surface area contributed by atoms with Crippen LogP contribution in [0.15, 0.2) is 0 Å². The van der Waals surface area contributed by atoms with Gasteiger partial charge in [0.05, 0.1) is 0 Å². The number of hydrogen-bond acceptors (Lipinski definition) is 7. The monoisotopic (exact) mass is 204 g/mol. The quantitative estimate of drug-likeness (QED) is 0.193. The van der Waals surface area contributed by atoms with Gasteiger partial charge in [-0.05, 0) is 0 Å². The van der Waals surface area contributed by atoms with Crippen LogP contribution in [0.4, 0.5) is 0 Å². The van der Waals surface area contributed by atoms with Gasteiger partial charge in [-0.15, -0.1) is 10.1 Å². The molecule has 0 aromatic heterocycles. The molecule has 0 rings (SSSR count). The van der Waals surface area contributed by atoms with Crippen LogP contribution in [0, 0.1) is 30.3 Å². The van der Waals surface area contributed by atoms with E-state index >= 15 is 0 Å². The van der Waals surface area contributed by atoms with Gasteiger partial charge in [-0.2, -0.15) is 11.7 Å². The standard InChI is InChI=1S/2H2N2O2.HNO3.H3N/c2*1-2(3)4;2-1(3)4;/h2*1H2;(H,2,3,4);1H3. The summed E-state index contributed by atoms with van der Waals surface area (Å²) in [6.45, 7) is 0. The summed E-state index contributed by atoms with van der Waals surface area (Å²) in [6, 6.07) is 0. The topological polar surface area (TPSA) is 237 Å². The molecule has 0 aliphatic carbocycles. The highest BCUT2D eigenvalue weighted by Crippen LogP contribution is 1.38. The van der Waals surface area contributed by atoms with Crippen LogP contribution in [0.5, 0.6) is 0 Å². The Hall–Kier alpha value is -2.44. The van der Waals surface area contributed by atoms with Crippen LogP contribution in [0.2, 0.25) is 0 Å². The second-order valence-electron chi connectivity index (χ2n) is 0.809. The minimum Gasteiger partial charge on any atom is -0.344 e. The molecule has 0 saturated heterocycles. The zero-order chi connectivity index (χ0) is 10.7. The third-order valence-corrected chi connectivity index (χ3v) is 0. The molecule has 0 aliphatic rings. The third-order valence-electron chi connectivity index (χ3n) is 0. The van der Waals surface area contributed by atoms with E-state index in [1.54, 1.807) is 0 Å². The first-order valence-corrected chi connectivity index (χ1v) is 1.81. The van der Waals surface area contributed by atoms with Crippen molar-refractivity contribution in [2.45, 2.75) is 0 Å². The molecule has 0 fully saturated rings. The summed E-state index contributed by atoms with van der Waals surface area (Å²) in [5.41, 5.74) is 0. The molecule has 0 heterocycles. The maximum absolute atomic E-state index is 8.58. The highest BCUT2D eigenvalue weighted by molar-refractivity contribution is 3.87. The third kappa shape index (κ3) is 91.8. The minimum absolute atomic E-state index is 0. The normalized spacial score (nSPS) is 5.54. The predicted octanol–water partition coefficient (Wildman–Crippen LogP) is -1.91. The SMILES string of the molecule is N.N[N+](=O)[O-].N[N+](=O)[O-].O=[N+]([O-])O. The van der Waals surface area contributed by atoms with Crippen molar-refractivity contribution < 1.29 is 20.4 Å². The van der Waals surface area contributed by atoms with Gasteiger partial charge in [-0.1, -0.05) is 0 Å². The lowest BCUT2D eigenvalue weighted by Gasteiger charge is -1.61. The molecule has 8 N–H and O–H groups in total.